The Hall–Kier alpha value is -1.36. The highest BCUT2D eigenvalue weighted by Crippen LogP contribution is 2.17. The Labute approximate surface area is 101 Å². The van der Waals surface area contributed by atoms with Crippen LogP contribution in [-0.4, -0.2) is 23.1 Å². The Bertz CT molecular complexity index is 389. The zero-order chi connectivity index (χ0) is 12.3. The number of carbonyl (C=O) groups excluding carboxylic acids is 1. The van der Waals surface area contributed by atoms with Gasteiger partial charge in [-0.3, -0.25) is 4.79 Å². The summed E-state index contributed by atoms with van der Waals surface area (Å²) < 4.78 is 4.93. The molecule has 1 aromatic heterocycles. The Morgan fingerprint density at radius 1 is 1.47 bits per heavy atom. The standard InChI is InChI=1S/C12H19N3O2/c1-8-7-11(17-15-8)12(16)14-10-6-4-2-3-5-9(10)13/h7,9-10H,2-6,13H2,1H3,(H,14,16). The molecule has 0 aromatic carbocycles. The van der Waals surface area contributed by atoms with Gasteiger partial charge in [-0.1, -0.05) is 24.4 Å². The lowest BCUT2D eigenvalue weighted by Crippen LogP contribution is -2.46. The van der Waals surface area contributed by atoms with E-state index in [1.807, 2.05) is 0 Å². The molecule has 1 aromatic rings. The van der Waals surface area contributed by atoms with Crippen LogP contribution in [0.5, 0.6) is 0 Å². The summed E-state index contributed by atoms with van der Waals surface area (Å²) in [6.45, 7) is 1.79. The summed E-state index contributed by atoms with van der Waals surface area (Å²) in [7, 11) is 0. The van der Waals surface area contributed by atoms with E-state index in [0.717, 1.165) is 25.7 Å². The normalized spacial score (nSPS) is 25.3. The lowest BCUT2D eigenvalue weighted by atomic mass is 10.0. The van der Waals surface area contributed by atoms with Crippen LogP contribution >= 0.6 is 0 Å². The van der Waals surface area contributed by atoms with Gasteiger partial charge in [0.2, 0.25) is 5.76 Å². The third-order valence-electron chi connectivity index (χ3n) is 3.24. The number of nitrogens with two attached hydrogens (primary N) is 1. The monoisotopic (exact) mass is 237 g/mol. The van der Waals surface area contributed by atoms with Gasteiger partial charge >= 0.3 is 0 Å². The van der Waals surface area contributed by atoms with Crippen molar-refractivity contribution in [2.24, 2.45) is 5.73 Å². The number of amides is 1. The second-order valence-corrected chi connectivity index (χ2v) is 4.71. The predicted octanol–water partition coefficient (Wildman–Crippen LogP) is 1.37. The van der Waals surface area contributed by atoms with Gasteiger partial charge in [-0.2, -0.15) is 0 Å². The topological polar surface area (TPSA) is 81.2 Å². The van der Waals surface area contributed by atoms with Crippen molar-refractivity contribution in [3.63, 3.8) is 0 Å². The van der Waals surface area contributed by atoms with Crippen molar-refractivity contribution in [3.05, 3.63) is 17.5 Å². The largest absolute Gasteiger partial charge is 0.351 e. The van der Waals surface area contributed by atoms with E-state index in [0.29, 0.717) is 5.69 Å². The highest BCUT2D eigenvalue weighted by Gasteiger charge is 2.23. The number of aryl methyl sites for hydroxylation is 1. The van der Waals surface area contributed by atoms with Gasteiger partial charge in [0.25, 0.3) is 5.91 Å². The van der Waals surface area contributed by atoms with Gasteiger partial charge < -0.3 is 15.6 Å². The van der Waals surface area contributed by atoms with E-state index in [2.05, 4.69) is 10.5 Å². The highest BCUT2D eigenvalue weighted by atomic mass is 16.5. The zero-order valence-corrected chi connectivity index (χ0v) is 10.1. The van der Waals surface area contributed by atoms with Crippen molar-refractivity contribution in [2.45, 2.75) is 51.1 Å². The molecule has 2 unspecified atom stereocenters. The second-order valence-electron chi connectivity index (χ2n) is 4.71. The summed E-state index contributed by atoms with van der Waals surface area (Å²) in [6, 6.07) is 1.73. The number of rotatable bonds is 2. The zero-order valence-electron chi connectivity index (χ0n) is 10.1. The molecular formula is C12H19N3O2. The van der Waals surface area contributed by atoms with E-state index < -0.39 is 0 Å². The van der Waals surface area contributed by atoms with E-state index in [1.54, 1.807) is 13.0 Å². The molecule has 2 atom stereocenters. The lowest BCUT2D eigenvalue weighted by Gasteiger charge is -2.21. The Morgan fingerprint density at radius 2 is 2.24 bits per heavy atom. The van der Waals surface area contributed by atoms with Gasteiger partial charge in [-0.25, -0.2) is 0 Å². The van der Waals surface area contributed by atoms with Crippen molar-refractivity contribution in [1.29, 1.82) is 0 Å². The van der Waals surface area contributed by atoms with Crippen molar-refractivity contribution >= 4 is 5.91 Å². The summed E-state index contributed by atoms with van der Waals surface area (Å²) in [4.78, 5) is 11.9. The van der Waals surface area contributed by atoms with Crippen LogP contribution in [0.15, 0.2) is 10.6 Å². The Morgan fingerprint density at radius 3 is 2.94 bits per heavy atom. The second kappa shape index (κ2) is 5.31. The molecule has 2 rings (SSSR count). The molecule has 5 nitrogen and oxygen atoms in total. The van der Waals surface area contributed by atoms with Gasteiger partial charge in [0.15, 0.2) is 0 Å². The molecule has 0 aliphatic heterocycles. The van der Waals surface area contributed by atoms with Gasteiger partial charge in [0, 0.05) is 18.2 Å². The number of nitrogens with one attached hydrogen (secondary N) is 1. The first-order chi connectivity index (χ1) is 8.16. The fourth-order valence-corrected chi connectivity index (χ4v) is 2.23. The number of aromatic nitrogens is 1. The summed E-state index contributed by atoms with van der Waals surface area (Å²) in [5.41, 5.74) is 6.76. The van der Waals surface area contributed by atoms with Crippen LogP contribution in [0.4, 0.5) is 0 Å². The molecule has 1 saturated carbocycles. The maximum atomic E-state index is 11.9. The maximum absolute atomic E-state index is 11.9. The molecule has 3 N–H and O–H groups in total. The molecule has 94 valence electrons. The molecule has 1 aliphatic carbocycles. The van der Waals surface area contributed by atoms with Crippen LogP contribution in [0, 0.1) is 6.92 Å². The minimum atomic E-state index is -0.215. The van der Waals surface area contributed by atoms with E-state index in [1.165, 1.54) is 6.42 Å². The van der Waals surface area contributed by atoms with Crippen LogP contribution < -0.4 is 11.1 Å². The average Bonchev–Trinajstić information content (AvgIpc) is 2.63. The minimum absolute atomic E-state index is 0.0467. The molecule has 1 fully saturated rings. The average molecular weight is 237 g/mol. The molecule has 1 amide bonds. The number of carbonyl (C=O) groups is 1. The van der Waals surface area contributed by atoms with E-state index in [9.17, 15) is 4.79 Å². The summed E-state index contributed by atoms with van der Waals surface area (Å²) in [5, 5.41) is 6.64. The fourth-order valence-electron chi connectivity index (χ4n) is 2.23. The first kappa shape index (κ1) is 12.1. The molecule has 0 saturated heterocycles. The number of hydrogen-bond acceptors (Lipinski definition) is 4. The molecule has 0 bridgehead atoms. The van der Waals surface area contributed by atoms with Crippen molar-refractivity contribution < 1.29 is 9.32 Å². The Balaban J connectivity index is 1.97. The third-order valence-corrected chi connectivity index (χ3v) is 3.24. The first-order valence-corrected chi connectivity index (χ1v) is 6.16. The van der Waals surface area contributed by atoms with Crippen LogP contribution in [0.2, 0.25) is 0 Å². The molecule has 1 heterocycles. The van der Waals surface area contributed by atoms with Crippen LogP contribution in [0.1, 0.15) is 48.4 Å². The number of nitrogens with zero attached hydrogens (tertiary/aromatic N) is 1. The van der Waals surface area contributed by atoms with Gasteiger partial charge in [-0.05, 0) is 19.8 Å². The molecule has 1 aliphatic rings. The first-order valence-electron chi connectivity index (χ1n) is 6.16. The highest BCUT2D eigenvalue weighted by molar-refractivity contribution is 5.91. The van der Waals surface area contributed by atoms with Gasteiger partial charge in [-0.15, -0.1) is 0 Å². The molecule has 17 heavy (non-hydrogen) atoms. The van der Waals surface area contributed by atoms with E-state index in [4.69, 9.17) is 10.3 Å². The third kappa shape index (κ3) is 3.06. The quantitative estimate of drug-likeness (QED) is 0.761. The van der Waals surface area contributed by atoms with Gasteiger partial charge in [0.1, 0.15) is 0 Å². The number of hydrogen-bond donors (Lipinski definition) is 2. The SMILES string of the molecule is Cc1cc(C(=O)NC2CCCCCC2N)on1. The van der Waals surface area contributed by atoms with Crippen LogP contribution in [0.25, 0.3) is 0 Å². The molecular weight excluding hydrogens is 218 g/mol. The minimum Gasteiger partial charge on any atom is -0.351 e. The lowest BCUT2D eigenvalue weighted by molar-refractivity contribution is 0.0891. The maximum Gasteiger partial charge on any atom is 0.290 e. The summed E-state index contributed by atoms with van der Waals surface area (Å²) in [6.07, 6.45) is 5.38. The van der Waals surface area contributed by atoms with Crippen molar-refractivity contribution in [3.8, 4) is 0 Å². The summed E-state index contributed by atoms with van der Waals surface area (Å²) >= 11 is 0. The van der Waals surface area contributed by atoms with Gasteiger partial charge in [0.05, 0.1) is 5.69 Å². The van der Waals surface area contributed by atoms with Crippen LogP contribution in [0.3, 0.4) is 0 Å². The fraction of sp³-hybridized carbons (Fsp3) is 0.667. The Kier molecular flexibility index (Phi) is 3.78. The van der Waals surface area contributed by atoms with Crippen molar-refractivity contribution in [1.82, 2.24) is 10.5 Å². The predicted molar refractivity (Wildman–Crippen MR) is 63.6 cm³/mol. The van der Waals surface area contributed by atoms with Crippen molar-refractivity contribution in [2.75, 3.05) is 0 Å². The molecule has 5 heteroatoms. The van der Waals surface area contributed by atoms with Crippen LogP contribution in [-0.2, 0) is 0 Å². The molecule has 0 radical (unpaired) electrons. The molecule has 0 spiro atoms. The summed E-state index contributed by atoms with van der Waals surface area (Å²) in [5.74, 6) is 0.0481. The van der Waals surface area contributed by atoms with E-state index >= 15 is 0 Å². The smallest absolute Gasteiger partial charge is 0.290 e. The van der Waals surface area contributed by atoms with E-state index in [-0.39, 0.29) is 23.8 Å².